The number of alkyl carbamates (subject to hydrolysis) is 1. The maximum atomic E-state index is 12.2. The molecule has 0 spiro atoms. The molecule has 1 aliphatic rings. The fourth-order valence-corrected chi connectivity index (χ4v) is 4.08. The second-order valence-electron chi connectivity index (χ2n) is 9.20. The van der Waals surface area contributed by atoms with E-state index in [0.717, 1.165) is 19.1 Å². The first-order valence-electron chi connectivity index (χ1n) is 10.8. The number of anilines is 3. The number of benzene rings is 1. The van der Waals surface area contributed by atoms with Gasteiger partial charge in [0.2, 0.25) is 0 Å². The number of amides is 2. The Bertz CT molecular complexity index is 1160. The molecule has 0 aliphatic carbocycles. The smallest absolute Gasteiger partial charge is 0.407 e. The van der Waals surface area contributed by atoms with E-state index in [1.54, 1.807) is 12.1 Å². The van der Waals surface area contributed by atoms with E-state index >= 15 is 0 Å². The van der Waals surface area contributed by atoms with Gasteiger partial charge in [0.05, 0.1) is 17.6 Å². The number of aromatic nitrogens is 2. The number of hydrogen-bond donors (Lipinski definition) is 3. The summed E-state index contributed by atoms with van der Waals surface area (Å²) in [6, 6.07) is 6.03. The van der Waals surface area contributed by atoms with Crippen molar-refractivity contribution in [1.29, 1.82) is 0 Å². The third kappa shape index (κ3) is 6.80. The number of carbonyl (C=O) groups excluding carboxylic acids is 2. The predicted molar refractivity (Wildman–Crippen MR) is 128 cm³/mol. The van der Waals surface area contributed by atoms with Crippen LogP contribution in [-0.4, -0.2) is 61.4 Å². The van der Waals surface area contributed by atoms with Gasteiger partial charge in [-0.1, -0.05) is 0 Å². The van der Waals surface area contributed by atoms with Crippen molar-refractivity contribution in [1.82, 2.24) is 15.3 Å². The normalized spacial score (nSPS) is 16.6. The van der Waals surface area contributed by atoms with Crippen molar-refractivity contribution in [2.24, 2.45) is 5.73 Å². The maximum absolute atomic E-state index is 12.2. The van der Waals surface area contributed by atoms with Crippen LogP contribution in [0.1, 0.15) is 44.1 Å². The Morgan fingerprint density at radius 3 is 2.47 bits per heavy atom. The SMILES string of the molecule is CC(C)(C)NC(=O)O[C@@H]1CCCN(c2cnc(C(N)=O)c(Nc3ccc(S(C)(=O)=O)cc3)n2)C1. The molecule has 1 aliphatic heterocycles. The number of carbonyl (C=O) groups is 2. The molecule has 0 radical (unpaired) electrons. The first-order chi connectivity index (χ1) is 15.8. The highest BCUT2D eigenvalue weighted by Gasteiger charge is 2.26. The Balaban J connectivity index is 1.78. The number of nitrogens with zero attached hydrogens (tertiary/aromatic N) is 3. The van der Waals surface area contributed by atoms with Crippen molar-refractivity contribution in [3.63, 3.8) is 0 Å². The molecule has 1 aromatic carbocycles. The topological polar surface area (TPSA) is 157 Å². The average Bonchev–Trinajstić information content (AvgIpc) is 2.72. The van der Waals surface area contributed by atoms with Gasteiger partial charge in [0, 0.05) is 24.0 Å². The number of nitrogens with one attached hydrogen (secondary N) is 2. The largest absolute Gasteiger partial charge is 0.444 e. The summed E-state index contributed by atoms with van der Waals surface area (Å²) < 4.78 is 28.9. The first kappa shape index (κ1) is 25.2. The first-order valence-corrected chi connectivity index (χ1v) is 12.7. The second-order valence-corrected chi connectivity index (χ2v) is 11.2. The Hall–Kier alpha value is -3.41. The predicted octanol–water partition coefficient (Wildman–Crippen LogP) is 2.22. The van der Waals surface area contributed by atoms with Gasteiger partial charge in [-0.3, -0.25) is 4.79 Å². The minimum absolute atomic E-state index is 0.0506. The van der Waals surface area contributed by atoms with Crippen molar-refractivity contribution >= 4 is 39.2 Å². The fourth-order valence-electron chi connectivity index (χ4n) is 3.45. The lowest BCUT2D eigenvalue weighted by molar-refractivity contribution is 0.0824. The van der Waals surface area contributed by atoms with E-state index < -0.39 is 27.4 Å². The molecule has 12 heteroatoms. The lowest BCUT2D eigenvalue weighted by Crippen LogP contribution is -2.46. The number of piperidine rings is 1. The van der Waals surface area contributed by atoms with Crippen LogP contribution in [0, 0.1) is 0 Å². The molecule has 3 rings (SSSR count). The number of nitrogens with two attached hydrogens (primary N) is 1. The minimum atomic E-state index is -3.34. The molecule has 4 N–H and O–H groups in total. The molecule has 2 heterocycles. The molecule has 1 aromatic heterocycles. The molecule has 1 saturated heterocycles. The maximum Gasteiger partial charge on any atom is 0.407 e. The number of rotatable bonds is 6. The van der Waals surface area contributed by atoms with E-state index in [9.17, 15) is 18.0 Å². The zero-order valence-electron chi connectivity index (χ0n) is 19.7. The molecule has 184 valence electrons. The van der Waals surface area contributed by atoms with Gasteiger partial charge in [-0.2, -0.15) is 0 Å². The van der Waals surface area contributed by atoms with Crippen LogP contribution in [0.5, 0.6) is 0 Å². The van der Waals surface area contributed by atoms with Crippen LogP contribution in [0.25, 0.3) is 0 Å². The standard InChI is InChI=1S/C22H30N6O5S/c1-22(2,3)27-21(30)33-15-6-5-11-28(13-15)17-12-24-18(19(23)29)20(26-17)25-14-7-9-16(10-8-14)34(4,31)32/h7-10,12,15H,5-6,11,13H2,1-4H3,(H2,23,29)(H,25,26)(H,27,30)/t15-/m1/s1. The van der Waals surface area contributed by atoms with Crippen LogP contribution in [0.15, 0.2) is 35.4 Å². The Kier molecular flexibility index (Phi) is 7.29. The summed E-state index contributed by atoms with van der Waals surface area (Å²) in [6.07, 6.45) is 3.28. The zero-order valence-corrected chi connectivity index (χ0v) is 20.5. The van der Waals surface area contributed by atoms with E-state index in [4.69, 9.17) is 10.5 Å². The number of hydrogen-bond acceptors (Lipinski definition) is 9. The third-order valence-electron chi connectivity index (χ3n) is 4.99. The number of ether oxygens (including phenoxy) is 1. The van der Waals surface area contributed by atoms with Gasteiger partial charge in [-0.05, 0) is 57.9 Å². The van der Waals surface area contributed by atoms with E-state index in [-0.39, 0.29) is 22.5 Å². The van der Waals surface area contributed by atoms with Crippen LogP contribution >= 0.6 is 0 Å². The van der Waals surface area contributed by atoms with Crippen molar-refractivity contribution in [2.45, 2.75) is 50.2 Å². The van der Waals surface area contributed by atoms with Crippen molar-refractivity contribution < 1.29 is 22.7 Å². The molecule has 0 bridgehead atoms. The fraction of sp³-hybridized carbons (Fsp3) is 0.455. The van der Waals surface area contributed by atoms with Crippen molar-refractivity contribution in [3.05, 3.63) is 36.2 Å². The lowest BCUT2D eigenvalue weighted by atomic mass is 10.1. The average molecular weight is 491 g/mol. The quantitative estimate of drug-likeness (QED) is 0.552. The van der Waals surface area contributed by atoms with Crippen LogP contribution < -0.4 is 21.3 Å². The number of primary amides is 1. The van der Waals surface area contributed by atoms with Gasteiger partial charge in [0.15, 0.2) is 21.3 Å². The van der Waals surface area contributed by atoms with Crippen molar-refractivity contribution in [2.75, 3.05) is 29.6 Å². The summed E-state index contributed by atoms with van der Waals surface area (Å²) in [5, 5.41) is 5.77. The molecule has 2 aromatic rings. The molecule has 0 unspecified atom stereocenters. The summed E-state index contributed by atoms with van der Waals surface area (Å²) >= 11 is 0. The third-order valence-corrected chi connectivity index (χ3v) is 6.12. The van der Waals surface area contributed by atoms with Crippen LogP contribution in [0.3, 0.4) is 0 Å². The molecular weight excluding hydrogens is 460 g/mol. The van der Waals surface area contributed by atoms with Gasteiger partial charge in [-0.15, -0.1) is 0 Å². The summed E-state index contributed by atoms with van der Waals surface area (Å²) in [6.45, 7) is 6.72. The van der Waals surface area contributed by atoms with Gasteiger partial charge < -0.3 is 26.0 Å². The monoisotopic (exact) mass is 490 g/mol. The lowest BCUT2D eigenvalue weighted by Gasteiger charge is -2.33. The van der Waals surface area contributed by atoms with E-state index in [1.165, 1.54) is 18.3 Å². The van der Waals surface area contributed by atoms with E-state index in [0.29, 0.717) is 24.6 Å². The van der Waals surface area contributed by atoms with Crippen LogP contribution in [0.4, 0.5) is 22.1 Å². The summed E-state index contributed by atoms with van der Waals surface area (Å²) in [5.41, 5.74) is 5.53. The molecule has 0 saturated carbocycles. The summed E-state index contributed by atoms with van der Waals surface area (Å²) in [4.78, 5) is 34.9. The van der Waals surface area contributed by atoms with E-state index in [2.05, 4.69) is 20.6 Å². The van der Waals surface area contributed by atoms with Crippen molar-refractivity contribution in [3.8, 4) is 0 Å². The van der Waals surface area contributed by atoms with Crippen LogP contribution in [0.2, 0.25) is 0 Å². The van der Waals surface area contributed by atoms with E-state index in [1.807, 2.05) is 25.7 Å². The van der Waals surface area contributed by atoms with Gasteiger partial charge in [0.1, 0.15) is 11.9 Å². The molecular formula is C22H30N6O5S. The second kappa shape index (κ2) is 9.84. The summed E-state index contributed by atoms with van der Waals surface area (Å²) in [5.74, 6) is -0.122. The highest BCUT2D eigenvalue weighted by atomic mass is 32.2. The van der Waals surface area contributed by atoms with Gasteiger partial charge in [-0.25, -0.2) is 23.2 Å². The molecule has 2 amide bonds. The molecule has 11 nitrogen and oxygen atoms in total. The molecule has 1 atom stereocenters. The summed E-state index contributed by atoms with van der Waals surface area (Å²) in [7, 11) is -3.34. The van der Waals surface area contributed by atoms with Gasteiger partial charge >= 0.3 is 6.09 Å². The highest BCUT2D eigenvalue weighted by Crippen LogP contribution is 2.25. The molecule has 1 fully saturated rings. The minimum Gasteiger partial charge on any atom is -0.444 e. The van der Waals surface area contributed by atoms with Crippen LogP contribution in [-0.2, 0) is 14.6 Å². The Morgan fingerprint density at radius 2 is 1.88 bits per heavy atom. The molecule has 34 heavy (non-hydrogen) atoms. The Morgan fingerprint density at radius 1 is 1.21 bits per heavy atom. The Labute approximate surface area is 199 Å². The number of sulfone groups is 1. The zero-order chi connectivity index (χ0) is 25.1. The van der Waals surface area contributed by atoms with Gasteiger partial charge in [0.25, 0.3) is 5.91 Å². The highest BCUT2D eigenvalue weighted by molar-refractivity contribution is 7.90.